The zero-order chi connectivity index (χ0) is 14.4. The lowest BCUT2D eigenvalue weighted by molar-refractivity contribution is -0.121. The molecule has 0 spiro atoms. The Kier molecular flexibility index (Phi) is 4.95. The minimum absolute atomic E-state index is 0.00438. The molecule has 0 aromatic heterocycles. The summed E-state index contributed by atoms with van der Waals surface area (Å²) >= 11 is 0. The Balaban J connectivity index is 1.68. The molecule has 1 aromatic carbocycles. The van der Waals surface area contributed by atoms with E-state index in [-0.39, 0.29) is 18.3 Å². The number of fused-ring (bicyclic) bond motifs is 1. The van der Waals surface area contributed by atoms with E-state index in [0.29, 0.717) is 30.1 Å². The third kappa shape index (κ3) is 3.71. The summed E-state index contributed by atoms with van der Waals surface area (Å²) < 4.78 is 10.8. The number of carbonyl (C=O) groups excluding carboxylic acids is 2. The van der Waals surface area contributed by atoms with E-state index in [0.717, 1.165) is 19.3 Å². The Morgan fingerprint density at radius 3 is 3.00 bits per heavy atom. The number of Topliss-reactive ketones (excluding diaryl/α,β-unsaturated/α-hetero) is 1. The molecular weight excluding hydrogens is 260 g/mol. The van der Waals surface area contributed by atoms with Gasteiger partial charge in [-0.1, -0.05) is 0 Å². The third-order valence-corrected chi connectivity index (χ3v) is 3.09. The first kappa shape index (κ1) is 14.3. The molecule has 1 amide bonds. The number of nitrogens with one attached hydrogen (secondary N) is 1. The molecule has 6 heteroatoms. The zero-order valence-electron chi connectivity index (χ0n) is 11.2. The molecule has 0 fully saturated rings. The molecule has 0 unspecified atom stereocenters. The summed E-state index contributed by atoms with van der Waals surface area (Å²) in [6.07, 6.45) is 2.97. The second kappa shape index (κ2) is 6.91. The van der Waals surface area contributed by atoms with Gasteiger partial charge in [0.05, 0.1) is 12.2 Å². The maximum Gasteiger partial charge on any atom is 0.233 e. The van der Waals surface area contributed by atoms with Crippen LogP contribution < -0.4 is 20.7 Å². The number of rotatable bonds is 7. The van der Waals surface area contributed by atoms with Gasteiger partial charge < -0.3 is 9.47 Å². The average Bonchev–Trinajstić information content (AvgIpc) is 2.83. The smallest absolute Gasteiger partial charge is 0.233 e. The minimum Gasteiger partial charge on any atom is -0.493 e. The lowest BCUT2D eigenvalue weighted by atomic mass is 10.1. The van der Waals surface area contributed by atoms with E-state index in [1.54, 1.807) is 18.2 Å². The summed E-state index contributed by atoms with van der Waals surface area (Å²) in [5, 5.41) is 0. The fourth-order valence-electron chi connectivity index (χ4n) is 1.99. The summed E-state index contributed by atoms with van der Waals surface area (Å²) in [5.41, 5.74) is 2.71. The molecule has 0 atom stereocenters. The number of hydrogen-bond donors (Lipinski definition) is 2. The van der Waals surface area contributed by atoms with Crippen LogP contribution in [0.25, 0.3) is 0 Å². The number of carbonyl (C=O) groups is 2. The van der Waals surface area contributed by atoms with E-state index < -0.39 is 0 Å². The highest BCUT2D eigenvalue weighted by molar-refractivity contribution is 6.02. The summed E-state index contributed by atoms with van der Waals surface area (Å²) in [6.45, 7) is 0.680. The molecule has 6 nitrogen and oxygen atoms in total. The number of hydrazine groups is 1. The van der Waals surface area contributed by atoms with Crippen LogP contribution >= 0.6 is 0 Å². The molecule has 0 saturated heterocycles. The van der Waals surface area contributed by atoms with E-state index >= 15 is 0 Å². The Morgan fingerprint density at radius 2 is 2.20 bits per heavy atom. The van der Waals surface area contributed by atoms with Crippen LogP contribution in [-0.4, -0.2) is 24.9 Å². The molecule has 20 heavy (non-hydrogen) atoms. The molecule has 0 saturated carbocycles. The molecule has 3 N–H and O–H groups in total. The predicted molar refractivity (Wildman–Crippen MR) is 72.6 cm³/mol. The van der Waals surface area contributed by atoms with Crippen LogP contribution in [0.1, 0.15) is 36.0 Å². The molecule has 1 aliphatic heterocycles. The molecule has 0 aliphatic carbocycles. The SMILES string of the molecule is NNC(=O)CCCCCOc1ccc2c(c1)OCC2=O. The second-order valence-electron chi connectivity index (χ2n) is 4.60. The van der Waals surface area contributed by atoms with Crippen molar-refractivity contribution >= 4 is 11.7 Å². The maximum absolute atomic E-state index is 11.4. The predicted octanol–water partition coefficient (Wildman–Crippen LogP) is 1.19. The summed E-state index contributed by atoms with van der Waals surface area (Å²) in [4.78, 5) is 22.3. The minimum atomic E-state index is -0.147. The van der Waals surface area contributed by atoms with Gasteiger partial charge in [-0.25, -0.2) is 5.84 Å². The largest absolute Gasteiger partial charge is 0.493 e. The Morgan fingerprint density at radius 1 is 1.35 bits per heavy atom. The molecule has 2 rings (SSSR count). The Hall–Kier alpha value is -2.08. The van der Waals surface area contributed by atoms with Crippen molar-refractivity contribution in [2.45, 2.75) is 25.7 Å². The fourth-order valence-corrected chi connectivity index (χ4v) is 1.99. The van der Waals surface area contributed by atoms with Crippen molar-refractivity contribution in [3.8, 4) is 11.5 Å². The maximum atomic E-state index is 11.4. The fraction of sp³-hybridized carbons (Fsp3) is 0.429. The Labute approximate surface area is 117 Å². The summed E-state index contributed by atoms with van der Waals surface area (Å²) in [6, 6.07) is 5.24. The number of nitrogens with two attached hydrogens (primary N) is 1. The van der Waals surface area contributed by atoms with Crippen molar-refractivity contribution in [1.82, 2.24) is 5.43 Å². The van der Waals surface area contributed by atoms with Gasteiger partial charge in [-0.2, -0.15) is 0 Å². The topological polar surface area (TPSA) is 90.7 Å². The van der Waals surface area contributed by atoms with Crippen LogP contribution in [0.15, 0.2) is 18.2 Å². The third-order valence-electron chi connectivity index (χ3n) is 3.09. The lowest BCUT2D eigenvalue weighted by Gasteiger charge is -2.07. The quantitative estimate of drug-likeness (QED) is 0.338. The van der Waals surface area contributed by atoms with Gasteiger partial charge in [0.1, 0.15) is 11.5 Å². The molecule has 1 aromatic rings. The molecule has 1 heterocycles. The van der Waals surface area contributed by atoms with E-state index in [1.165, 1.54) is 0 Å². The van der Waals surface area contributed by atoms with Gasteiger partial charge >= 0.3 is 0 Å². The van der Waals surface area contributed by atoms with Gasteiger partial charge in [-0.05, 0) is 31.4 Å². The average molecular weight is 278 g/mol. The highest BCUT2D eigenvalue weighted by atomic mass is 16.5. The van der Waals surface area contributed by atoms with Gasteiger partial charge in [0.2, 0.25) is 11.7 Å². The lowest BCUT2D eigenvalue weighted by Crippen LogP contribution is -2.29. The van der Waals surface area contributed by atoms with Crippen LogP contribution in [0.3, 0.4) is 0 Å². The molecule has 108 valence electrons. The van der Waals surface area contributed by atoms with Crippen LogP contribution in [0.4, 0.5) is 0 Å². The van der Waals surface area contributed by atoms with Crippen LogP contribution in [0.5, 0.6) is 11.5 Å². The molecule has 0 radical (unpaired) electrons. The highest BCUT2D eigenvalue weighted by Crippen LogP contribution is 2.29. The van der Waals surface area contributed by atoms with Crippen LogP contribution in [-0.2, 0) is 4.79 Å². The van der Waals surface area contributed by atoms with E-state index in [2.05, 4.69) is 5.43 Å². The van der Waals surface area contributed by atoms with Gasteiger partial charge in [0, 0.05) is 12.5 Å². The zero-order valence-corrected chi connectivity index (χ0v) is 11.2. The standard InChI is InChI=1S/C14H18N2O4/c15-16-14(18)4-2-1-3-7-19-10-5-6-11-12(17)9-20-13(11)8-10/h5-6,8H,1-4,7,9,15H2,(H,16,18). The van der Waals surface area contributed by atoms with Crippen molar-refractivity contribution in [3.05, 3.63) is 23.8 Å². The number of amides is 1. The van der Waals surface area contributed by atoms with Crippen molar-refractivity contribution in [2.24, 2.45) is 5.84 Å². The molecule has 1 aliphatic rings. The first-order valence-corrected chi connectivity index (χ1v) is 6.63. The number of benzene rings is 1. The van der Waals surface area contributed by atoms with Crippen molar-refractivity contribution in [2.75, 3.05) is 13.2 Å². The first-order valence-electron chi connectivity index (χ1n) is 6.63. The second-order valence-corrected chi connectivity index (χ2v) is 4.60. The molecule has 0 bridgehead atoms. The van der Waals surface area contributed by atoms with E-state index in [4.69, 9.17) is 15.3 Å². The Bertz CT molecular complexity index is 502. The molecular formula is C14H18N2O4. The number of hydrogen-bond acceptors (Lipinski definition) is 5. The normalized spacial score (nSPS) is 12.8. The first-order chi connectivity index (χ1) is 9.70. The van der Waals surface area contributed by atoms with Crippen molar-refractivity contribution in [3.63, 3.8) is 0 Å². The van der Waals surface area contributed by atoms with Gasteiger partial charge in [-0.15, -0.1) is 0 Å². The van der Waals surface area contributed by atoms with Gasteiger partial charge in [0.25, 0.3) is 0 Å². The highest BCUT2D eigenvalue weighted by Gasteiger charge is 2.21. The van der Waals surface area contributed by atoms with Crippen molar-refractivity contribution < 1.29 is 19.1 Å². The van der Waals surface area contributed by atoms with E-state index in [1.807, 2.05) is 0 Å². The number of unbranched alkanes of at least 4 members (excludes halogenated alkanes) is 2. The van der Waals surface area contributed by atoms with Crippen LogP contribution in [0.2, 0.25) is 0 Å². The summed E-state index contributed by atoms with van der Waals surface area (Å²) in [5.74, 6) is 6.12. The van der Waals surface area contributed by atoms with E-state index in [9.17, 15) is 9.59 Å². The number of ether oxygens (including phenoxy) is 2. The van der Waals surface area contributed by atoms with Gasteiger partial charge in [0.15, 0.2) is 6.61 Å². The van der Waals surface area contributed by atoms with Crippen LogP contribution in [0, 0.1) is 0 Å². The van der Waals surface area contributed by atoms with Crippen molar-refractivity contribution in [1.29, 1.82) is 0 Å². The van der Waals surface area contributed by atoms with Gasteiger partial charge in [-0.3, -0.25) is 15.0 Å². The monoisotopic (exact) mass is 278 g/mol. The summed E-state index contributed by atoms with van der Waals surface area (Å²) in [7, 11) is 0. The number of ketones is 1.